The minimum atomic E-state index is -0.180. The third-order valence-electron chi connectivity index (χ3n) is 3.20. The Morgan fingerprint density at radius 2 is 2.07 bits per heavy atom. The summed E-state index contributed by atoms with van der Waals surface area (Å²) in [4.78, 5) is 0. The molecule has 0 amide bonds. The lowest BCUT2D eigenvalue weighted by Gasteiger charge is -2.38. The van der Waals surface area contributed by atoms with Gasteiger partial charge in [-0.2, -0.15) is 0 Å². The summed E-state index contributed by atoms with van der Waals surface area (Å²) in [7, 11) is 1.78. The highest BCUT2D eigenvalue weighted by Gasteiger charge is 2.34. The molecule has 2 atom stereocenters. The number of hydrogen-bond acceptors (Lipinski definition) is 2. The Balaban J connectivity index is 2.19. The predicted octanol–water partition coefficient (Wildman–Crippen LogP) is 2.73. The Morgan fingerprint density at radius 3 is 2.73 bits per heavy atom. The summed E-state index contributed by atoms with van der Waals surface area (Å²) in [5.74, 6) is 0. The van der Waals surface area contributed by atoms with E-state index >= 15 is 0 Å². The van der Waals surface area contributed by atoms with Crippen molar-refractivity contribution in [3.8, 4) is 0 Å². The maximum Gasteiger partial charge on any atom is 0.0928 e. The maximum absolute atomic E-state index is 5.90. The van der Waals surface area contributed by atoms with Gasteiger partial charge in [-0.05, 0) is 18.9 Å². The lowest BCUT2D eigenvalue weighted by molar-refractivity contribution is -0.121. The van der Waals surface area contributed by atoms with Gasteiger partial charge in [0.2, 0.25) is 0 Å². The van der Waals surface area contributed by atoms with Gasteiger partial charge in [0.15, 0.2) is 0 Å². The van der Waals surface area contributed by atoms with E-state index in [0.29, 0.717) is 6.10 Å². The molecule has 0 saturated carbocycles. The van der Waals surface area contributed by atoms with Gasteiger partial charge in [-0.15, -0.1) is 0 Å². The van der Waals surface area contributed by atoms with Crippen LogP contribution in [0.4, 0.5) is 0 Å². The predicted molar refractivity (Wildman–Crippen MR) is 59.8 cm³/mol. The van der Waals surface area contributed by atoms with Crippen LogP contribution in [0.1, 0.15) is 25.3 Å². The van der Waals surface area contributed by atoms with Crippen LogP contribution in [-0.4, -0.2) is 19.8 Å². The van der Waals surface area contributed by atoms with E-state index < -0.39 is 0 Å². The second-order valence-electron chi connectivity index (χ2n) is 4.30. The summed E-state index contributed by atoms with van der Waals surface area (Å²) >= 11 is 0. The zero-order chi connectivity index (χ0) is 10.7. The second kappa shape index (κ2) is 4.33. The van der Waals surface area contributed by atoms with Crippen LogP contribution in [0.15, 0.2) is 30.3 Å². The largest absolute Gasteiger partial charge is 0.381 e. The molecular formula is C13H18O2. The second-order valence-corrected chi connectivity index (χ2v) is 4.30. The van der Waals surface area contributed by atoms with Gasteiger partial charge in [-0.3, -0.25) is 0 Å². The fourth-order valence-electron chi connectivity index (χ4n) is 2.20. The fourth-order valence-corrected chi connectivity index (χ4v) is 2.20. The van der Waals surface area contributed by atoms with E-state index in [0.717, 1.165) is 19.4 Å². The molecule has 0 radical (unpaired) electrons. The van der Waals surface area contributed by atoms with Crippen LogP contribution in [0.3, 0.4) is 0 Å². The molecule has 0 spiro atoms. The van der Waals surface area contributed by atoms with Crippen LogP contribution in [-0.2, 0) is 15.1 Å². The highest BCUT2D eigenvalue weighted by atomic mass is 16.5. The molecule has 1 aliphatic heterocycles. The van der Waals surface area contributed by atoms with Crippen LogP contribution in [0, 0.1) is 0 Å². The third-order valence-corrected chi connectivity index (χ3v) is 3.20. The number of methoxy groups -OCH3 is 1. The van der Waals surface area contributed by atoms with E-state index in [1.54, 1.807) is 7.11 Å². The van der Waals surface area contributed by atoms with Crippen molar-refractivity contribution in [2.75, 3.05) is 13.7 Å². The Morgan fingerprint density at radius 1 is 1.33 bits per heavy atom. The van der Waals surface area contributed by atoms with Crippen molar-refractivity contribution in [2.24, 2.45) is 0 Å². The van der Waals surface area contributed by atoms with Gasteiger partial charge in [0.25, 0.3) is 0 Å². The van der Waals surface area contributed by atoms with Crippen LogP contribution in [0.2, 0.25) is 0 Å². The molecule has 0 aliphatic carbocycles. The number of hydrogen-bond donors (Lipinski definition) is 0. The molecule has 2 unspecified atom stereocenters. The molecule has 1 aromatic rings. The van der Waals surface area contributed by atoms with Crippen molar-refractivity contribution in [3.05, 3.63) is 35.9 Å². The molecule has 0 N–H and O–H groups in total. The molecule has 0 bridgehead atoms. The summed E-state index contributed by atoms with van der Waals surface area (Å²) in [5, 5.41) is 0. The van der Waals surface area contributed by atoms with Crippen LogP contribution < -0.4 is 0 Å². The van der Waals surface area contributed by atoms with Gasteiger partial charge in [-0.1, -0.05) is 30.3 Å². The summed E-state index contributed by atoms with van der Waals surface area (Å²) in [6.07, 6.45) is 2.26. The van der Waals surface area contributed by atoms with E-state index in [1.807, 2.05) is 6.07 Å². The fraction of sp³-hybridized carbons (Fsp3) is 0.538. The molecule has 1 fully saturated rings. The Labute approximate surface area is 91.2 Å². The first-order valence-corrected chi connectivity index (χ1v) is 5.47. The number of ether oxygens (including phenoxy) is 2. The molecule has 2 rings (SSSR count). The van der Waals surface area contributed by atoms with Crippen molar-refractivity contribution in [1.82, 2.24) is 0 Å². The monoisotopic (exact) mass is 206 g/mol. The molecule has 1 heterocycles. The van der Waals surface area contributed by atoms with Crippen molar-refractivity contribution in [1.29, 1.82) is 0 Å². The molecule has 82 valence electrons. The topological polar surface area (TPSA) is 18.5 Å². The average Bonchev–Trinajstić information content (AvgIpc) is 2.30. The Bertz CT molecular complexity index is 310. The molecular weight excluding hydrogens is 188 g/mol. The zero-order valence-corrected chi connectivity index (χ0v) is 9.40. The molecule has 15 heavy (non-hydrogen) atoms. The van der Waals surface area contributed by atoms with E-state index in [-0.39, 0.29) is 5.60 Å². The first kappa shape index (κ1) is 10.7. The van der Waals surface area contributed by atoms with Crippen LogP contribution in [0.5, 0.6) is 0 Å². The van der Waals surface area contributed by atoms with Crippen molar-refractivity contribution in [3.63, 3.8) is 0 Å². The highest BCUT2D eigenvalue weighted by molar-refractivity contribution is 5.22. The van der Waals surface area contributed by atoms with Crippen LogP contribution in [0.25, 0.3) is 0 Å². The third kappa shape index (κ3) is 2.21. The molecule has 1 aromatic carbocycles. The molecule has 1 aliphatic rings. The first-order valence-electron chi connectivity index (χ1n) is 5.47. The highest BCUT2D eigenvalue weighted by Crippen LogP contribution is 2.35. The first-order chi connectivity index (χ1) is 7.24. The summed E-state index contributed by atoms with van der Waals surface area (Å²) < 4.78 is 11.3. The summed E-state index contributed by atoms with van der Waals surface area (Å²) in [6.45, 7) is 2.93. The minimum Gasteiger partial charge on any atom is -0.381 e. The smallest absolute Gasteiger partial charge is 0.0928 e. The van der Waals surface area contributed by atoms with Crippen molar-refractivity contribution < 1.29 is 9.47 Å². The van der Waals surface area contributed by atoms with E-state index in [9.17, 15) is 0 Å². The Hall–Kier alpha value is -0.860. The van der Waals surface area contributed by atoms with E-state index in [2.05, 4.69) is 31.2 Å². The summed E-state index contributed by atoms with van der Waals surface area (Å²) in [6, 6.07) is 10.4. The SMILES string of the molecule is COC1CCOC(C)(c2ccccc2)C1. The number of rotatable bonds is 2. The maximum atomic E-state index is 5.90. The molecule has 0 aromatic heterocycles. The quantitative estimate of drug-likeness (QED) is 0.740. The van der Waals surface area contributed by atoms with Gasteiger partial charge >= 0.3 is 0 Å². The van der Waals surface area contributed by atoms with Crippen molar-refractivity contribution >= 4 is 0 Å². The average molecular weight is 206 g/mol. The number of benzene rings is 1. The van der Waals surface area contributed by atoms with Gasteiger partial charge < -0.3 is 9.47 Å². The lowest BCUT2D eigenvalue weighted by atomic mass is 9.87. The van der Waals surface area contributed by atoms with E-state index in [4.69, 9.17) is 9.47 Å². The van der Waals surface area contributed by atoms with Gasteiger partial charge in [0, 0.05) is 13.5 Å². The zero-order valence-electron chi connectivity index (χ0n) is 9.40. The Kier molecular flexibility index (Phi) is 3.08. The van der Waals surface area contributed by atoms with Crippen LogP contribution >= 0.6 is 0 Å². The van der Waals surface area contributed by atoms with Gasteiger partial charge in [0.1, 0.15) is 0 Å². The lowest BCUT2D eigenvalue weighted by Crippen LogP contribution is -2.37. The van der Waals surface area contributed by atoms with Crippen molar-refractivity contribution in [2.45, 2.75) is 31.5 Å². The minimum absolute atomic E-state index is 0.180. The molecule has 1 saturated heterocycles. The van der Waals surface area contributed by atoms with Gasteiger partial charge in [-0.25, -0.2) is 0 Å². The standard InChI is InChI=1S/C13H18O2/c1-13(11-6-4-3-5-7-11)10-12(14-2)8-9-15-13/h3-7,12H,8-10H2,1-2H3. The van der Waals surface area contributed by atoms with Gasteiger partial charge in [0.05, 0.1) is 18.3 Å². The molecule has 2 nitrogen and oxygen atoms in total. The normalized spacial score (nSPS) is 31.5. The summed E-state index contributed by atoms with van der Waals surface area (Å²) in [5.41, 5.74) is 1.06. The van der Waals surface area contributed by atoms with E-state index in [1.165, 1.54) is 5.56 Å². The molecule has 2 heteroatoms.